The second-order valence-corrected chi connectivity index (χ2v) is 8.77. The molecule has 0 bridgehead atoms. The van der Waals surface area contributed by atoms with Gasteiger partial charge in [-0.2, -0.15) is 0 Å². The van der Waals surface area contributed by atoms with Gasteiger partial charge in [0.05, 0.1) is 15.0 Å². The van der Waals surface area contributed by atoms with Crippen LogP contribution in [0.3, 0.4) is 0 Å². The number of carbonyl (C=O) groups is 1. The van der Waals surface area contributed by atoms with Crippen LogP contribution in [-0.4, -0.2) is 32.7 Å². The van der Waals surface area contributed by atoms with Gasteiger partial charge in [-0.3, -0.25) is 0 Å². The maximum atomic E-state index is 11.5. The molecule has 2 rings (SSSR count). The van der Waals surface area contributed by atoms with E-state index in [1.54, 1.807) is 16.2 Å². The molecule has 20 heavy (non-hydrogen) atoms. The molecule has 112 valence electrons. The fourth-order valence-electron chi connectivity index (χ4n) is 3.03. The molecule has 1 amide bonds. The minimum absolute atomic E-state index is 0.132. The molecule has 1 aliphatic rings. The quantitative estimate of drug-likeness (QED) is 0.830. The molecule has 4 nitrogen and oxygen atoms in total. The van der Waals surface area contributed by atoms with Gasteiger partial charge in [0.2, 0.25) is 0 Å². The highest BCUT2D eigenvalue weighted by molar-refractivity contribution is 9.11. The smallest absolute Gasteiger partial charge is 0.407 e. The van der Waals surface area contributed by atoms with Crippen molar-refractivity contribution in [1.29, 1.82) is 0 Å². The van der Waals surface area contributed by atoms with Gasteiger partial charge in [-0.05, 0) is 62.4 Å². The van der Waals surface area contributed by atoms with Crippen molar-refractivity contribution in [3.63, 3.8) is 0 Å². The molecule has 1 N–H and O–H groups in total. The fourth-order valence-corrected chi connectivity index (χ4v) is 4.44. The molecular formula is C14H21BrN2O2S. The number of aromatic nitrogens is 1. The summed E-state index contributed by atoms with van der Waals surface area (Å²) in [5.41, 5.74) is -0.340. The zero-order valence-electron chi connectivity index (χ0n) is 12.1. The number of hydrogen-bond donors (Lipinski definition) is 1. The third-order valence-corrected chi connectivity index (χ3v) is 5.47. The second kappa shape index (κ2) is 6.02. The largest absolute Gasteiger partial charge is 0.465 e. The number of hydrogen-bond acceptors (Lipinski definition) is 3. The molecule has 1 heterocycles. The van der Waals surface area contributed by atoms with Crippen LogP contribution >= 0.6 is 27.3 Å². The highest BCUT2D eigenvalue weighted by Crippen LogP contribution is 2.38. The summed E-state index contributed by atoms with van der Waals surface area (Å²) in [4.78, 5) is 17.6. The Hall–Kier alpha value is -0.620. The van der Waals surface area contributed by atoms with E-state index < -0.39 is 6.09 Å². The molecule has 0 saturated heterocycles. The lowest BCUT2D eigenvalue weighted by Crippen LogP contribution is -2.52. The summed E-state index contributed by atoms with van der Waals surface area (Å²) in [5.74, 6) is 0.484. The molecule has 0 radical (unpaired) electrons. The summed E-state index contributed by atoms with van der Waals surface area (Å²) in [6.07, 6.45) is 4.93. The molecule has 1 aromatic rings. The van der Waals surface area contributed by atoms with Gasteiger partial charge in [0.25, 0.3) is 0 Å². The van der Waals surface area contributed by atoms with Crippen LogP contribution in [0.15, 0.2) is 9.98 Å². The summed E-state index contributed by atoms with van der Waals surface area (Å²) in [5, 5.41) is 10.6. The van der Waals surface area contributed by atoms with Crippen molar-refractivity contribution in [1.82, 2.24) is 9.88 Å². The molecule has 1 fully saturated rings. The first-order chi connectivity index (χ1) is 9.29. The molecule has 1 aromatic heterocycles. The van der Waals surface area contributed by atoms with Crippen LogP contribution in [0.1, 0.15) is 57.4 Å². The Labute approximate surface area is 132 Å². The average Bonchev–Trinajstić information content (AvgIpc) is 2.74. The first kappa shape index (κ1) is 15.8. The summed E-state index contributed by atoms with van der Waals surface area (Å²) < 4.78 is 1.07. The van der Waals surface area contributed by atoms with E-state index >= 15 is 0 Å². The topological polar surface area (TPSA) is 53.4 Å². The number of carboxylic acid groups (broad SMARTS) is 1. The first-order valence-corrected chi connectivity index (χ1v) is 8.53. The van der Waals surface area contributed by atoms with Gasteiger partial charge >= 0.3 is 6.09 Å². The van der Waals surface area contributed by atoms with E-state index in [9.17, 15) is 9.90 Å². The molecule has 0 aromatic carbocycles. The zero-order chi connectivity index (χ0) is 14.9. The van der Waals surface area contributed by atoms with Gasteiger partial charge in [-0.25, -0.2) is 9.78 Å². The lowest BCUT2D eigenvalue weighted by Gasteiger charge is -2.42. The molecule has 0 atom stereocenters. The van der Waals surface area contributed by atoms with Crippen molar-refractivity contribution in [3.05, 3.63) is 15.0 Å². The van der Waals surface area contributed by atoms with Crippen molar-refractivity contribution in [2.24, 2.45) is 0 Å². The average molecular weight is 361 g/mol. The minimum atomic E-state index is -0.807. The lowest BCUT2D eigenvalue weighted by atomic mass is 9.84. The third-order valence-electron chi connectivity index (χ3n) is 3.84. The van der Waals surface area contributed by atoms with Gasteiger partial charge in [0.1, 0.15) is 0 Å². The highest BCUT2D eigenvalue weighted by Gasteiger charge is 2.36. The van der Waals surface area contributed by atoms with Crippen molar-refractivity contribution in [3.8, 4) is 0 Å². The third kappa shape index (κ3) is 3.52. The number of thiazole rings is 1. The lowest BCUT2D eigenvalue weighted by molar-refractivity contribution is 0.0546. The number of rotatable bonds is 2. The second-order valence-electron chi connectivity index (χ2n) is 6.33. The van der Waals surface area contributed by atoms with E-state index in [2.05, 4.69) is 20.9 Å². The first-order valence-electron chi connectivity index (χ1n) is 6.92. The zero-order valence-corrected chi connectivity index (χ0v) is 14.5. The Morgan fingerprint density at radius 1 is 1.40 bits per heavy atom. The fraction of sp³-hybridized carbons (Fsp3) is 0.714. The van der Waals surface area contributed by atoms with Crippen molar-refractivity contribution < 1.29 is 9.90 Å². The summed E-state index contributed by atoms with van der Waals surface area (Å²) in [7, 11) is 0. The molecule has 1 saturated carbocycles. The van der Waals surface area contributed by atoms with E-state index in [0.717, 1.165) is 29.5 Å². The maximum absolute atomic E-state index is 11.5. The van der Waals surface area contributed by atoms with Crippen molar-refractivity contribution in [2.75, 3.05) is 0 Å². The van der Waals surface area contributed by atoms with E-state index in [1.165, 1.54) is 5.01 Å². The number of nitrogens with zero attached hydrogens (tertiary/aromatic N) is 2. The van der Waals surface area contributed by atoms with Crippen molar-refractivity contribution in [2.45, 2.75) is 64.0 Å². The molecule has 0 aliphatic heterocycles. The predicted molar refractivity (Wildman–Crippen MR) is 84.4 cm³/mol. The normalized spacial score (nSPS) is 23.6. The van der Waals surface area contributed by atoms with Crippen LogP contribution in [0.4, 0.5) is 4.79 Å². The van der Waals surface area contributed by atoms with Gasteiger partial charge in [0.15, 0.2) is 0 Å². The van der Waals surface area contributed by atoms with E-state index in [4.69, 9.17) is 0 Å². The van der Waals surface area contributed by atoms with Crippen molar-refractivity contribution >= 4 is 33.4 Å². The van der Waals surface area contributed by atoms with Gasteiger partial charge < -0.3 is 10.0 Å². The monoisotopic (exact) mass is 360 g/mol. The maximum Gasteiger partial charge on any atom is 0.407 e. The molecular weight excluding hydrogens is 340 g/mol. The molecule has 1 aliphatic carbocycles. The van der Waals surface area contributed by atoms with Crippen LogP contribution < -0.4 is 0 Å². The van der Waals surface area contributed by atoms with E-state index in [0.29, 0.717) is 5.92 Å². The number of amides is 1. The van der Waals surface area contributed by atoms with Crippen LogP contribution in [0.25, 0.3) is 0 Å². The van der Waals surface area contributed by atoms with Gasteiger partial charge in [-0.15, -0.1) is 11.3 Å². The summed E-state index contributed by atoms with van der Waals surface area (Å²) >= 11 is 5.14. The Morgan fingerprint density at radius 3 is 2.40 bits per heavy atom. The van der Waals surface area contributed by atoms with E-state index in [-0.39, 0.29) is 11.6 Å². The summed E-state index contributed by atoms with van der Waals surface area (Å²) in [6, 6.07) is 0.132. The highest BCUT2D eigenvalue weighted by atomic mass is 79.9. The number of halogens is 1. The Morgan fingerprint density at radius 2 is 2.00 bits per heavy atom. The Kier molecular flexibility index (Phi) is 4.74. The molecule has 0 unspecified atom stereocenters. The molecule has 0 spiro atoms. The Bertz CT molecular complexity index is 476. The molecule has 6 heteroatoms. The van der Waals surface area contributed by atoms with Gasteiger partial charge in [0, 0.05) is 17.5 Å². The Balaban J connectivity index is 2.01. The SMILES string of the molecule is CC(C)(C)N(C(=O)O)C1CCC(c2ncc(Br)s2)CC1. The van der Waals surface area contributed by atoms with Crippen LogP contribution in [-0.2, 0) is 0 Å². The predicted octanol–water partition coefficient (Wildman–Crippen LogP) is 4.71. The van der Waals surface area contributed by atoms with E-state index in [1.807, 2.05) is 27.0 Å². The van der Waals surface area contributed by atoms with Crippen LogP contribution in [0, 0.1) is 0 Å². The minimum Gasteiger partial charge on any atom is -0.465 e. The van der Waals surface area contributed by atoms with Crippen LogP contribution in [0.2, 0.25) is 0 Å². The standard InChI is InChI=1S/C14H21BrN2O2S/c1-14(2,3)17(13(18)19)10-6-4-9(5-7-10)12-16-8-11(15)20-12/h8-10H,4-7H2,1-3H3,(H,18,19). The van der Waals surface area contributed by atoms with Gasteiger partial charge in [-0.1, -0.05) is 0 Å². The van der Waals surface area contributed by atoms with Crippen LogP contribution in [0.5, 0.6) is 0 Å². The summed E-state index contributed by atoms with van der Waals surface area (Å²) in [6.45, 7) is 5.89.